The van der Waals surface area contributed by atoms with E-state index in [1.54, 1.807) is 26.1 Å². The van der Waals surface area contributed by atoms with Gasteiger partial charge in [-0.25, -0.2) is 12.8 Å². The molecule has 2 aromatic carbocycles. The van der Waals surface area contributed by atoms with Crippen molar-refractivity contribution in [2.24, 2.45) is 5.73 Å². The van der Waals surface area contributed by atoms with Crippen molar-refractivity contribution in [3.05, 3.63) is 59.4 Å². The van der Waals surface area contributed by atoms with Crippen LogP contribution in [0.15, 0.2) is 52.3 Å². The summed E-state index contributed by atoms with van der Waals surface area (Å²) in [7, 11) is -2.12. The molecule has 1 aliphatic carbocycles. The molecule has 0 heterocycles. The number of likely N-dealkylation sites (N-methyl/N-ethyl adjacent to an activating group) is 1. The van der Waals surface area contributed by atoms with Crippen molar-refractivity contribution in [3.63, 3.8) is 0 Å². The second-order valence-electron chi connectivity index (χ2n) is 7.08. The van der Waals surface area contributed by atoms with Crippen molar-refractivity contribution in [2.75, 3.05) is 7.05 Å². The molecule has 1 aliphatic rings. The lowest BCUT2D eigenvalue weighted by molar-refractivity contribution is -0.124. The van der Waals surface area contributed by atoms with Crippen molar-refractivity contribution in [1.29, 1.82) is 0 Å². The van der Waals surface area contributed by atoms with Crippen LogP contribution in [0, 0.1) is 5.82 Å². The molecule has 0 saturated carbocycles. The molecule has 0 radical (unpaired) electrons. The third-order valence-electron chi connectivity index (χ3n) is 5.57. The van der Waals surface area contributed by atoms with E-state index in [9.17, 15) is 17.6 Å². The second kappa shape index (κ2) is 7.05. The summed E-state index contributed by atoms with van der Waals surface area (Å²) in [5.41, 5.74) is 6.51. The number of benzene rings is 2. The quantitative estimate of drug-likeness (QED) is 0.821. The average molecular weight is 390 g/mol. The number of nitrogens with one attached hydrogen (secondary N) is 1. The highest BCUT2D eigenvalue weighted by atomic mass is 32.2. The number of primary amides is 1. The maximum Gasteiger partial charge on any atom is 0.238 e. The van der Waals surface area contributed by atoms with E-state index < -0.39 is 27.1 Å². The molecule has 0 saturated heterocycles. The van der Waals surface area contributed by atoms with Crippen LogP contribution in [-0.4, -0.2) is 26.9 Å². The fourth-order valence-electron chi connectivity index (χ4n) is 3.80. The maximum absolute atomic E-state index is 13.5. The molecule has 2 atom stereocenters. The summed E-state index contributed by atoms with van der Waals surface area (Å²) in [6, 6.07) is 9.90. The van der Waals surface area contributed by atoms with Gasteiger partial charge < -0.3 is 11.1 Å². The van der Waals surface area contributed by atoms with Gasteiger partial charge in [0.2, 0.25) is 15.7 Å². The number of rotatable bonds is 5. The van der Waals surface area contributed by atoms with Crippen LogP contribution < -0.4 is 11.1 Å². The zero-order valence-corrected chi connectivity index (χ0v) is 16.1. The first-order valence-corrected chi connectivity index (χ1v) is 10.3. The third-order valence-corrected chi connectivity index (χ3v) is 7.32. The number of fused-ring (bicyclic) bond motifs is 1. The zero-order chi connectivity index (χ0) is 19.8. The number of halogens is 1. The molecule has 27 heavy (non-hydrogen) atoms. The summed E-state index contributed by atoms with van der Waals surface area (Å²) in [6.07, 6.45) is 2.33. The zero-order valence-electron chi connectivity index (χ0n) is 15.3. The van der Waals surface area contributed by atoms with E-state index in [-0.39, 0.29) is 15.7 Å². The summed E-state index contributed by atoms with van der Waals surface area (Å²) < 4.78 is 39.2. The Morgan fingerprint density at radius 2 is 1.93 bits per heavy atom. The van der Waals surface area contributed by atoms with Gasteiger partial charge in [0, 0.05) is 5.92 Å². The normalized spacial score (nSPS) is 19.1. The van der Waals surface area contributed by atoms with Crippen LogP contribution in [-0.2, 0) is 21.1 Å². The number of carbonyl (C=O) groups is 1. The summed E-state index contributed by atoms with van der Waals surface area (Å²) in [5, 5.41) is 3.03. The maximum atomic E-state index is 13.5. The largest absolute Gasteiger partial charge is 0.368 e. The Hall–Kier alpha value is -2.25. The van der Waals surface area contributed by atoms with Gasteiger partial charge in [-0.3, -0.25) is 4.79 Å². The average Bonchev–Trinajstić information content (AvgIpc) is 2.66. The van der Waals surface area contributed by atoms with Crippen LogP contribution in [0.5, 0.6) is 0 Å². The Morgan fingerprint density at radius 1 is 1.22 bits per heavy atom. The lowest BCUT2D eigenvalue weighted by Gasteiger charge is -2.38. The van der Waals surface area contributed by atoms with Gasteiger partial charge in [-0.05, 0) is 74.7 Å². The molecule has 0 fully saturated rings. The molecule has 0 spiro atoms. The van der Waals surface area contributed by atoms with Crippen LogP contribution in [0.2, 0.25) is 0 Å². The SMILES string of the molecule is CNC(C)(C(N)=O)C1CCCc2cc(S(=O)(=O)c3cccc(F)c3)ccc21. The first-order valence-electron chi connectivity index (χ1n) is 8.82. The molecule has 3 N–H and O–H groups in total. The van der Waals surface area contributed by atoms with E-state index >= 15 is 0 Å². The highest BCUT2D eigenvalue weighted by molar-refractivity contribution is 7.91. The minimum Gasteiger partial charge on any atom is -0.368 e. The molecular formula is C20H23FN2O3S. The number of amides is 1. The second-order valence-corrected chi connectivity index (χ2v) is 9.03. The summed E-state index contributed by atoms with van der Waals surface area (Å²) in [5.74, 6) is -1.19. The van der Waals surface area contributed by atoms with Crippen molar-refractivity contribution < 1.29 is 17.6 Å². The van der Waals surface area contributed by atoms with Gasteiger partial charge >= 0.3 is 0 Å². The summed E-state index contributed by atoms with van der Waals surface area (Å²) >= 11 is 0. The van der Waals surface area contributed by atoms with E-state index in [4.69, 9.17) is 5.73 Å². The minimum atomic E-state index is -3.82. The van der Waals surface area contributed by atoms with Crippen LogP contribution in [0.3, 0.4) is 0 Å². The van der Waals surface area contributed by atoms with Crippen molar-refractivity contribution in [3.8, 4) is 0 Å². The Balaban J connectivity index is 2.06. The van der Waals surface area contributed by atoms with Crippen LogP contribution in [0.1, 0.15) is 36.8 Å². The van der Waals surface area contributed by atoms with Gasteiger partial charge in [0.05, 0.1) is 9.79 Å². The van der Waals surface area contributed by atoms with Gasteiger partial charge in [0.15, 0.2) is 0 Å². The molecular weight excluding hydrogens is 367 g/mol. The molecule has 2 unspecified atom stereocenters. The lowest BCUT2D eigenvalue weighted by Crippen LogP contribution is -2.56. The number of aryl methyl sites for hydroxylation is 1. The van der Waals surface area contributed by atoms with E-state index in [0.717, 1.165) is 36.5 Å². The summed E-state index contributed by atoms with van der Waals surface area (Å²) in [6.45, 7) is 1.77. The molecule has 0 aromatic heterocycles. The van der Waals surface area contributed by atoms with Gasteiger partial charge in [-0.1, -0.05) is 12.1 Å². The number of hydrogen-bond acceptors (Lipinski definition) is 4. The van der Waals surface area contributed by atoms with Gasteiger partial charge in [0.25, 0.3) is 0 Å². The predicted octanol–water partition coefficient (Wildman–Crippen LogP) is 2.54. The van der Waals surface area contributed by atoms with Crippen LogP contribution >= 0.6 is 0 Å². The molecule has 0 aliphatic heterocycles. The monoisotopic (exact) mass is 390 g/mol. The molecule has 2 aromatic rings. The van der Waals surface area contributed by atoms with Crippen molar-refractivity contribution >= 4 is 15.7 Å². The standard InChI is InChI=1S/C20H23FN2O3S/c1-20(23-2,19(22)24)18-8-3-5-13-11-16(9-10-17(13)18)27(25,26)15-7-4-6-14(21)12-15/h4,6-7,9-12,18,23H,3,5,8H2,1-2H3,(H2,22,24). The molecule has 7 heteroatoms. The predicted molar refractivity (Wildman–Crippen MR) is 101 cm³/mol. The topological polar surface area (TPSA) is 89.3 Å². The Labute approximate surface area is 158 Å². The number of carbonyl (C=O) groups excluding carboxylic acids is 1. The highest BCUT2D eigenvalue weighted by Crippen LogP contribution is 2.40. The summed E-state index contributed by atoms with van der Waals surface area (Å²) in [4.78, 5) is 12.1. The highest BCUT2D eigenvalue weighted by Gasteiger charge is 2.41. The lowest BCUT2D eigenvalue weighted by atomic mass is 9.72. The Morgan fingerprint density at radius 3 is 2.56 bits per heavy atom. The van der Waals surface area contributed by atoms with E-state index in [0.29, 0.717) is 0 Å². The molecule has 144 valence electrons. The van der Waals surface area contributed by atoms with Crippen LogP contribution in [0.4, 0.5) is 4.39 Å². The molecule has 0 bridgehead atoms. The first kappa shape index (κ1) is 19.5. The van der Waals surface area contributed by atoms with Crippen molar-refractivity contribution in [2.45, 2.75) is 47.4 Å². The molecule has 3 rings (SSSR count). The molecule has 5 nitrogen and oxygen atoms in total. The third kappa shape index (κ3) is 3.37. The van der Waals surface area contributed by atoms with E-state index in [1.165, 1.54) is 24.3 Å². The van der Waals surface area contributed by atoms with Gasteiger partial charge in [-0.2, -0.15) is 0 Å². The van der Waals surface area contributed by atoms with Gasteiger partial charge in [0.1, 0.15) is 11.4 Å². The minimum absolute atomic E-state index is 0.0768. The fraction of sp³-hybridized carbons (Fsp3) is 0.350. The molecule has 1 amide bonds. The number of sulfone groups is 1. The van der Waals surface area contributed by atoms with Crippen molar-refractivity contribution in [1.82, 2.24) is 5.32 Å². The Bertz CT molecular complexity index is 990. The Kier molecular flexibility index (Phi) is 5.10. The van der Waals surface area contributed by atoms with E-state index in [1.807, 2.05) is 0 Å². The van der Waals surface area contributed by atoms with E-state index in [2.05, 4.69) is 5.32 Å². The number of hydrogen-bond donors (Lipinski definition) is 2. The first-order chi connectivity index (χ1) is 12.7. The van der Waals surface area contributed by atoms with Crippen LogP contribution in [0.25, 0.3) is 0 Å². The fourth-order valence-corrected chi connectivity index (χ4v) is 5.14. The number of nitrogens with two attached hydrogens (primary N) is 1. The van der Waals surface area contributed by atoms with Gasteiger partial charge in [-0.15, -0.1) is 0 Å². The smallest absolute Gasteiger partial charge is 0.238 e.